The van der Waals surface area contributed by atoms with Crippen LogP contribution in [0.1, 0.15) is 5.56 Å². The van der Waals surface area contributed by atoms with Crippen molar-refractivity contribution in [3.63, 3.8) is 0 Å². The second-order valence-corrected chi connectivity index (χ2v) is 4.99. The maximum absolute atomic E-state index is 11.8. The first-order valence-corrected chi connectivity index (χ1v) is 6.67. The summed E-state index contributed by atoms with van der Waals surface area (Å²) >= 11 is 0. The molecule has 2 aromatic carbocycles. The van der Waals surface area contributed by atoms with Crippen molar-refractivity contribution in [2.45, 2.75) is 6.54 Å². The molecule has 0 aliphatic rings. The second kappa shape index (κ2) is 5.44. The molecule has 5 heteroatoms. The maximum atomic E-state index is 11.8. The van der Waals surface area contributed by atoms with Crippen LogP contribution in [0.3, 0.4) is 0 Å². The van der Waals surface area contributed by atoms with Crippen LogP contribution in [0.5, 0.6) is 0 Å². The monoisotopic (exact) mass is 275 g/mol. The summed E-state index contributed by atoms with van der Waals surface area (Å²) in [4.78, 5) is 11.8. The average Bonchev–Trinajstić information content (AvgIpc) is 2.80. The van der Waals surface area contributed by atoms with Crippen LogP contribution >= 0.6 is 0 Å². The molecule has 0 bridgehead atoms. The van der Waals surface area contributed by atoms with E-state index in [0.29, 0.717) is 6.54 Å². The van der Waals surface area contributed by atoms with Crippen molar-refractivity contribution in [3.8, 4) is 11.1 Å². The molecule has 0 saturated heterocycles. The maximum Gasteiger partial charge on any atom is 0.345 e. The first kappa shape index (κ1) is 13.4. The standard InChI is InChI=1S/C16H14BN3O/c1-19-16(21)20(11-18-19)10-12-4-2-5-13(8-12)14-6-3-7-15(17)9-14/h2-9,11H,10H2,1H3. The molecule has 0 aliphatic carbocycles. The highest BCUT2D eigenvalue weighted by atomic mass is 16.2. The Bertz CT molecular complexity index is 835. The third-order valence-electron chi connectivity index (χ3n) is 3.39. The molecule has 0 N–H and O–H groups in total. The summed E-state index contributed by atoms with van der Waals surface area (Å²) in [5.41, 5.74) is 3.81. The molecule has 102 valence electrons. The molecule has 4 nitrogen and oxygen atoms in total. The molecular weight excluding hydrogens is 261 g/mol. The van der Waals surface area contributed by atoms with Gasteiger partial charge in [0, 0.05) is 7.05 Å². The van der Waals surface area contributed by atoms with Crippen LogP contribution in [0, 0.1) is 0 Å². The van der Waals surface area contributed by atoms with Gasteiger partial charge in [-0.1, -0.05) is 47.9 Å². The summed E-state index contributed by atoms with van der Waals surface area (Å²) in [6.45, 7) is 0.503. The number of aryl methyl sites for hydroxylation is 1. The lowest BCUT2D eigenvalue weighted by Gasteiger charge is -2.06. The molecule has 1 heterocycles. The smallest absolute Gasteiger partial charge is 0.277 e. The highest BCUT2D eigenvalue weighted by Gasteiger charge is 2.04. The molecule has 0 amide bonds. The quantitative estimate of drug-likeness (QED) is 0.671. The number of benzene rings is 2. The fourth-order valence-electron chi connectivity index (χ4n) is 2.30. The van der Waals surface area contributed by atoms with Crippen molar-refractivity contribution >= 4 is 13.3 Å². The number of nitrogens with zero attached hydrogens (tertiary/aromatic N) is 3. The van der Waals surface area contributed by atoms with E-state index in [1.807, 2.05) is 42.5 Å². The number of hydrogen-bond acceptors (Lipinski definition) is 2. The molecule has 0 fully saturated rings. The summed E-state index contributed by atoms with van der Waals surface area (Å²) in [7, 11) is 7.46. The zero-order valence-corrected chi connectivity index (χ0v) is 11.7. The van der Waals surface area contributed by atoms with Crippen molar-refractivity contribution in [2.75, 3.05) is 0 Å². The highest BCUT2D eigenvalue weighted by Crippen LogP contribution is 2.19. The van der Waals surface area contributed by atoms with E-state index in [2.05, 4.69) is 11.2 Å². The van der Waals surface area contributed by atoms with Crippen LogP contribution in [0.4, 0.5) is 0 Å². The Balaban J connectivity index is 1.93. The SMILES string of the molecule is [B]c1cccc(-c2cccc(Cn3cnn(C)c3=O)c2)c1. The summed E-state index contributed by atoms with van der Waals surface area (Å²) in [5.74, 6) is 0. The van der Waals surface area contributed by atoms with Crippen molar-refractivity contribution in [1.29, 1.82) is 0 Å². The van der Waals surface area contributed by atoms with E-state index in [1.54, 1.807) is 17.9 Å². The molecule has 2 radical (unpaired) electrons. The zero-order valence-electron chi connectivity index (χ0n) is 11.7. The lowest BCUT2D eigenvalue weighted by molar-refractivity contribution is 0.691. The Kier molecular flexibility index (Phi) is 3.48. The molecule has 3 rings (SSSR count). The molecule has 21 heavy (non-hydrogen) atoms. The fraction of sp³-hybridized carbons (Fsp3) is 0.125. The molecule has 0 aliphatic heterocycles. The van der Waals surface area contributed by atoms with Crippen LogP contribution in [0.15, 0.2) is 59.7 Å². The third-order valence-corrected chi connectivity index (χ3v) is 3.39. The van der Waals surface area contributed by atoms with Crippen LogP contribution in [0.2, 0.25) is 0 Å². The molecule has 0 spiro atoms. The predicted octanol–water partition coefficient (Wildman–Crippen LogP) is 1.09. The Morgan fingerprint density at radius 2 is 1.81 bits per heavy atom. The van der Waals surface area contributed by atoms with E-state index < -0.39 is 0 Å². The van der Waals surface area contributed by atoms with E-state index in [0.717, 1.165) is 22.2 Å². The minimum atomic E-state index is -0.121. The van der Waals surface area contributed by atoms with Gasteiger partial charge in [-0.3, -0.25) is 4.57 Å². The summed E-state index contributed by atoms with van der Waals surface area (Å²) < 4.78 is 2.90. The summed E-state index contributed by atoms with van der Waals surface area (Å²) in [5, 5.41) is 3.96. The van der Waals surface area contributed by atoms with Gasteiger partial charge in [0.2, 0.25) is 0 Å². The fourth-order valence-corrected chi connectivity index (χ4v) is 2.30. The lowest BCUT2D eigenvalue weighted by atomic mass is 9.92. The number of rotatable bonds is 3. The van der Waals surface area contributed by atoms with Crippen LogP contribution in [-0.4, -0.2) is 22.2 Å². The highest BCUT2D eigenvalue weighted by molar-refractivity contribution is 6.32. The predicted molar refractivity (Wildman–Crippen MR) is 83.8 cm³/mol. The minimum absolute atomic E-state index is 0.121. The van der Waals surface area contributed by atoms with Gasteiger partial charge < -0.3 is 0 Å². The largest absolute Gasteiger partial charge is 0.345 e. The summed E-state index contributed by atoms with van der Waals surface area (Å²) in [6, 6.07) is 15.8. The first-order valence-electron chi connectivity index (χ1n) is 6.67. The van der Waals surface area contributed by atoms with Crippen LogP contribution in [0.25, 0.3) is 11.1 Å². The Morgan fingerprint density at radius 1 is 1.10 bits per heavy atom. The molecule has 1 aromatic heterocycles. The van der Waals surface area contributed by atoms with Crippen molar-refractivity contribution < 1.29 is 0 Å². The molecule has 0 unspecified atom stereocenters. The van der Waals surface area contributed by atoms with Crippen molar-refractivity contribution in [3.05, 3.63) is 70.9 Å². The molecule has 3 aromatic rings. The van der Waals surface area contributed by atoms with E-state index >= 15 is 0 Å². The molecule has 0 saturated carbocycles. The Hall–Kier alpha value is -2.56. The van der Waals surface area contributed by atoms with Gasteiger partial charge in [0.05, 0.1) is 6.54 Å². The van der Waals surface area contributed by atoms with Gasteiger partial charge in [-0.05, 0) is 22.8 Å². The van der Waals surface area contributed by atoms with E-state index in [4.69, 9.17) is 7.85 Å². The zero-order chi connectivity index (χ0) is 14.8. The average molecular weight is 275 g/mol. The van der Waals surface area contributed by atoms with Gasteiger partial charge in [0.25, 0.3) is 0 Å². The Morgan fingerprint density at radius 3 is 2.48 bits per heavy atom. The third kappa shape index (κ3) is 2.82. The Labute approximate surface area is 124 Å². The summed E-state index contributed by atoms with van der Waals surface area (Å²) in [6.07, 6.45) is 1.55. The van der Waals surface area contributed by atoms with Gasteiger partial charge in [-0.15, -0.1) is 0 Å². The van der Waals surface area contributed by atoms with Gasteiger partial charge in [-0.25, -0.2) is 9.48 Å². The first-order chi connectivity index (χ1) is 10.1. The molecule has 0 atom stereocenters. The lowest BCUT2D eigenvalue weighted by Crippen LogP contribution is -2.22. The number of aromatic nitrogens is 3. The van der Waals surface area contributed by atoms with Crippen molar-refractivity contribution in [2.24, 2.45) is 7.05 Å². The van der Waals surface area contributed by atoms with Crippen LogP contribution in [-0.2, 0) is 13.6 Å². The van der Waals surface area contributed by atoms with E-state index in [9.17, 15) is 4.79 Å². The van der Waals surface area contributed by atoms with Gasteiger partial charge in [-0.2, -0.15) is 5.10 Å². The van der Waals surface area contributed by atoms with Gasteiger partial charge in [0.1, 0.15) is 14.2 Å². The second-order valence-electron chi connectivity index (χ2n) is 4.99. The van der Waals surface area contributed by atoms with E-state index in [-0.39, 0.29) is 5.69 Å². The molecular formula is C16H14BN3O. The van der Waals surface area contributed by atoms with Crippen molar-refractivity contribution in [1.82, 2.24) is 14.3 Å². The van der Waals surface area contributed by atoms with E-state index in [1.165, 1.54) is 4.68 Å². The van der Waals surface area contributed by atoms with Crippen LogP contribution < -0.4 is 11.2 Å². The minimum Gasteiger partial charge on any atom is -0.277 e. The topological polar surface area (TPSA) is 39.8 Å². The number of hydrogen-bond donors (Lipinski definition) is 0. The van der Waals surface area contributed by atoms with Gasteiger partial charge in [0.15, 0.2) is 0 Å². The van der Waals surface area contributed by atoms with Gasteiger partial charge >= 0.3 is 5.69 Å². The normalized spacial score (nSPS) is 10.7.